The monoisotopic (exact) mass is 399 g/mol. The molecule has 146 valence electrons. The molecule has 4 rings (SSSR count). The Morgan fingerprint density at radius 3 is 3.00 bits per heavy atom. The van der Waals surface area contributed by atoms with Gasteiger partial charge in [-0.25, -0.2) is 4.98 Å². The Labute approximate surface area is 168 Å². The molecule has 0 radical (unpaired) electrons. The van der Waals surface area contributed by atoms with Crippen LogP contribution in [0.25, 0.3) is 11.0 Å². The Bertz CT molecular complexity index is 986. The highest BCUT2D eigenvalue weighted by Crippen LogP contribution is 2.38. The molecule has 0 saturated heterocycles. The molecule has 7 heteroatoms. The Balaban J connectivity index is 1.29. The van der Waals surface area contributed by atoms with Crippen LogP contribution in [0.2, 0.25) is 5.02 Å². The number of ether oxygens (including phenoxy) is 2. The summed E-state index contributed by atoms with van der Waals surface area (Å²) in [5, 5.41) is 3.45. The van der Waals surface area contributed by atoms with Gasteiger partial charge in [-0.1, -0.05) is 23.7 Å². The maximum atomic E-state index is 12.3. The van der Waals surface area contributed by atoms with Crippen molar-refractivity contribution in [1.29, 1.82) is 0 Å². The van der Waals surface area contributed by atoms with Crippen molar-refractivity contribution in [2.75, 3.05) is 19.8 Å². The topological polar surface area (TPSA) is 65.4 Å². The molecule has 0 spiro atoms. The Morgan fingerprint density at radius 1 is 1.21 bits per heavy atom. The Kier molecular flexibility index (Phi) is 5.67. The predicted octanol–water partition coefficient (Wildman–Crippen LogP) is 3.60. The zero-order chi connectivity index (χ0) is 19.3. The highest BCUT2D eigenvalue weighted by molar-refractivity contribution is 6.32. The van der Waals surface area contributed by atoms with Crippen molar-refractivity contribution in [2.45, 2.75) is 25.8 Å². The molecule has 1 aliphatic heterocycles. The first-order valence-corrected chi connectivity index (χ1v) is 9.83. The number of aryl methyl sites for hydroxylation is 1. The molecule has 6 nitrogen and oxygen atoms in total. The van der Waals surface area contributed by atoms with Crippen molar-refractivity contribution < 1.29 is 14.3 Å². The van der Waals surface area contributed by atoms with Crippen molar-refractivity contribution in [3.05, 3.63) is 53.3 Å². The lowest BCUT2D eigenvalue weighted by Gasteiger charge is -2.12. The molecule has 0 fully saturated rings. The average Bonchev–Trinajstić information content (AvgIpc) is 2.94. The minimum absolute atomic E-state index is 0.0407. The number of benzene rings is 2. The number of fused-ring (bicyclic) bond motifs is 2. The molecule has 28 heavy (non-hydrogen) atoms. The largest absolute Gasteiger partial charge is 0.489 e. The van der Waals surface area contributed by atoms with E-state index in [1.807, 2.05) is 30.6 Å². The van der Waals surface area contributed by atoms with E-state index in [9.17, 15) is 4.79 Å². The fraction of sp³-hybridized carbons (Fsp3) is 0.333. The summed E-state index contributed by atoms with van der Waals surface area (Å²) in [6, 6.07) is 11.6. The van der Waals surface area contributed by atoms with Gasteiger partial charge in [0.25, 0.3) is 0 Å². The number of rotatable bonds is 6. The van der Waals surface area contributed by atoms with E-state index >= 15 is 0 Å². The van der Waals surface area contributed by atoms with Crippen molar-refractivity contribution in [3.63, 3.8) is 0 Å². The minimum Gasteiger partial charge on any atom is -0.489 e. The fourth-order valence-corrected chi connectivity index (χ4v) is 3.59. The van der Waals surface area contributed by atoms with Crippen LogP contribution >= 0.6 is 11.6 Å². The lowest BCUT2D eigenvalue weighted by molar-refractivity contribution is -0.120. The SMILES string of the molecule is O=C(Cc1cc(Cl)c2c(c1)OCCCO2)NCCCn1cnc2ccccc21. The van der Waals surface area contributed by atoms with Crippen molar-refractivity contribution in [3.8, 4) is 11.5 Å². The molecule has 0 aliphatic carbocycles. The molecule has 2 heterocycles. The van der Waals surface area contributed by atoms with E-state index in [0.29, 0.717) is 36.3 Å². The maximum absolute atomic E-state index is 12.3. The van der Waals surface area contributed by atoms with E-state index in [1.165, 1.54) is 0 Å². The quantitative estimate of drug-likeness (QED) is 0.643. The minimum atomic E-state index is -0.0407. The number of amides is 1. The first-order valence-electron chi connectivity index (χ1n) is 9.45. The first kappa shape index (κ1) is 18.6. The summed E-state index contributed by atoms with van der Waals surface area (Å²) >= 11 is 6.29. The molecular weight excluding hydrogens is 378 g/mol. The number of aromatic nitrogens is 2. The van der Waals surface area contributed by atoms with Crippen LogP contribution in [0.5, 0.6) is 11.5 Å². The van der Waals surface area contributed by atoms with Gasteiger partial charge in [0.2, 0.25) is 5.91 Å². The van der Waals surface area contributed by atoms with E-state index in [4.69, 9.17) is 21.1 Å². The lowest BCUT2D eigenvalue weighted by atomic mass is 10.1. The number of hydrogen-bond acceptors (Lipinski definition) is 4. The average molecular weight is 400 g/mol. The molecule has 0 atom stereocenters. The summed E-state index contributed by atoms with van der Waals surface area (Å²) in [6.45, 7) is 2.57. The van der Waals surface area contributed by atoms with Gasteiger partial charge < -0.3 is 19.4 Å². The van der Waals surface area contributed by atoms with Gasteiger partial charge >= 0.3 is 0 Å². The molecule has 3 aromatic rings. The van der Waals surface area contributed by atoms with Crippen LogP contribution in [0.15, 0.2) is 42.7 Å². The van der Waals surface area contributed by atoms with Gasteiger partial charge in [-0.05, 0) is 36.2 Å². The third kappa shape index (κ3) is 4.22. The van der Waals surface area contributed by atoms with Crippen LogP contribution in [0, 0.1) is 0 Å². The van der Waals surface area contributed by atoms with Crippen LogP contribution in [0.3, 0.4) is 0 Å². The number of para-hydroxylation sites is 2. The normalized spacial score (nSPS) is 13.3. The van der Waals surface area contributed by atoms with Crippen molar-refractivity contribution >= 4 is 28.5 Å². The second-order valence-corrected chi connectivity index (χ2v) is 7.17. The highest BCUT2D eigenvalue weighted by Gasteiger charge is 2.16. The smallest absolute Gasteiger partial charge is 0.224 e. The van der Waals surface area contributed by atoms with Crippen LogP contribution in [-0.2, 0) is 17.8 Å². The lowest BCUT2D eigenvalue weighted by Crippen LogP contribution is -2.26. The molecular formula is C21H22ClN3O3. The van der Waals surface area contributed by atoms with E-state index in [2.05, 4.69) is 20.9 Å². The van der Waals surface area contributed by atoms with E-state index < -0.39 is 0 Å². The van der Waals surface area contributed by atoms with Gasteiger partial charge in [-0.3, -0.25) is 4.79 Å². The summed E-state index contributed by atoms with van der Waals surface area (Å²) in [6.07, 6.45) is 3.73. The zero-order valence-electron chi connectivity index (χ0n) is 15.5. The molecule has 0 unspecified atom stereocenters. The third-order valence-electron chi connectivity index (χ3n) is 4.65. The van der Waals surface area contributed by atoms with E-state index in [-0.39, 0.29) is 12.3 Å². The number of halogens is 1. The summed E-state index contributed by atoms with van der Waals surface area (Å²) in [5.74, 6) is 1.14. The van der Waals surface area contributed by atoms with Gasteiger partial charge in [0.15, 0.2) is 11.5 Å². The van der Waals surface area contributed by atoms with Gasteiger partial charge in [0.1, 0.15) is 0 Å². The number of imidazole rings is 1. The van der Waals surface area contributed by atoms with Crippen LogP contribution < -0.4 is 14.8 Å². The Morgan fingerprint density at radius 2 is 2.07 bits per heavy atom. The molecule has 0 bridgehead atoms. The second kappa shape index (κ2) is 8.52. The summed E-state index contributed by atoms with van der Waals surface area (Å²) in [4.78, 5) is 16.7. The molecule has 1 amide bonds. The molecule has 0 saturated carbocycles. The van der Waals surface area contributed by atoms with E-state index in [1.54, 1.807) is 6.07 Å². The van der Waals surface area contributed by atoms with Gasteiger partial charge in [-0.2, -0.15) is 0 Å². The molecule has 2 aromatic carbocycles. The van der Waals surface area contributed by atoms with Crippen molar-refractivity contribution in [2.24, 2.45) is 0 Å². The van der Waals surface area contributed by atoms with Crippen LogP contribution in [-0.4, -0.2) is 35.2 Å². The highest BCUT2D eigenvalue weighted by atomic mass is 35.5. The first-order chi connectivity index (χ1) is 13.7. The van der Waals surface area contributed by atoms with Gasteiger partial charge in [0.05, 0.1) is 42.0 Å². The molecule has 1 N–H and O–H groups in total. The second-order valence-electron chi connectivity index (χ2n) is 6.76. The third-order valence-corrected chi connectivity index (χ3v) is 4.93. The van der Waals surface area contributed by atoms with Gasteiger partial charge in [0, 0.05) is 19.5 Å². The number of nitrogens with one attached hydrogen (secondary N) is 1. The predicted molar refractivity (Wildman–Crippen MR) is 108 cm³/mol. The van der Waals surface area contributed by atoms with Crippen LogP contribution in [0.1, 0.15) is 18.4 Å². The summed E-state index contributed by atoms with van der Waals surface area (Å²) in [5.41, 5.74) is 2.90. The van der Waals surface area contributed by atoms with Crippen LogP contribution in [0.4, 0.5) is 0 Å². The molecule has 1 aromatic heterocycles. The standard InChI is InChI=1S/C21H22ClN3O3/c22-16-11-15(12-19-21(16)28-10-4-9-27-19)13-20(26)23-7-3-8-25-14-24-17-5-1-2-6-18(17)25/h1-2,5-6,11-12,14H,3-4,7-10,13H2,(H,23,26). The van der Waals surface area contributed by atoms with Gasteiger partial charge in [-0.15, -0.1) is 0 Å². The number of hydrogen-bond donors (Lipinski definition) is 1. The number of carbonyl (C=O) groups is 1. The number of nitrogens with zero attached hydrogens (tertiary/aromatic N) is 2. The molecule has 1 aliphatic rings. The maximum Gasteiger partial charge on any atom is 0.224 e. The summed E-state index contributed by atoms with van der Waals surface area (Å²) < 4.78 is 13.4. The number of carbonyl (C=O) groups excluding carboxylic acids is 1. The van der Waals surface area contributed by atoms with Crippen molar-refractivity contribution in [1.82, 2.24) is 14.9 Å². The summed E-state index contributed by atoms with van der Waals surface area (Å²) in [7, 11) is 0. The Hall–Kier alpha value is -2.73. The van der Waals surface area contributed by atoms with E-state index in [0.717, 1.165) is 36.0 Å². The zero-order valence-corrected chi connectivity index (χ0v) is 16.2. The fourth-order valence-electron chi connectivity index (χ4n) is 3.30.